The Morgan fingerprint density at radius 1 is 1.08 bits per heavy atom. The molecule has 0 amide bonds. The predicted octanol–water partition coefficient (Wildman–Crippen LogP) is 4.08. The largest absolute Gasteiger partial charge is 0.486 e. The molecular weight excluding hydrogens is 334 g/mol. The summed E-state index contributed by atoms with van der Waals surface area (Å²) in [6, 6.07) is 6.10. The Balaban J connectivity index is 1.78. The smallest absolute Gasteiger partial charge is 0.206 e. The Bertz CT molecular complexity index is 843. The SMILES string of the molecule is CCN=c1scc(-c2ccc3c(c2)OCCO3)n1N=C1CCCCC1. The summed E-state index contributed by atoms with van der Waals surface area (Å²) >= 11 is 1.64. The minimum atomic E-state index is 0.596. The Morgan fingerprint density at radius 2 is 1.88 bits per heavy atom. The molecule has 1 aliphatic carbocycles. The summed E-state index contributed by atoms with van der Waals surface area (Å²) in [5, 5.41) is 7.09. The maximum absolute atomic E-state index is 5.74. The van der Waals surface area contributed by atoms with Crippen LogP contribution in [0.1, 0.15) is 39.0 Å². The van der Waals surface area contributed by atoms with Gasteiger partial charge in [0.1, 0.15) is 13.2 Å². The van der Waals surface area contributed by atoms with Gasteiger partial charge in [0.2, 0.25) is 4.80 Å². The number of nitrogens with zero attached hydrogens (tertiary/aromatic N) is 3. The zero-order valence-electron chi connectivity index (χ0n) is 14.5. The molecule has 0 radical (unpaired) electrons. The summed E-state index contributed by atoms with van der Waals surface area (Å²) in [6.45, 7) is 4.02. The first-order valence-electron chi connectivity index (χ1n) is 9.03. The predicted molar refractivity (Wildman–Crippen MR) is 101 cm³/mol. The van der Waals surface area contributed by atoms with E-state index in [4.69, 9.17) is 14.6 Å². The summed E-state index contributed by atoms with van der Waals surface area (Å²) in [7, 11) is 0. The first kappa shape index (κ1) is 16.4. The van der Waals surface area contributed by atoms with Crippen LogP contribution in [0.25, 0.3) is 11.3 Å². The van der Waals surface area contributed by atoms with Crippen molar-refractivity contribution in [3.05, 3.63) is 28.4 Å². The quantitative estimate of drug-likeness (QED) is 0.831. The van der Waals surface area contributed by atoms with Gasteiger partial charge in [0.25, 0.3) is 0 Å². The molecule has 1 saturated carbocycles. The van der Waals surface area contributed by atoms with Gasteiger partial charge in [0.15, 0.2) is 11.5 Å². The third-order valence-corrected chi connectivity index (χ3v) is 5.34. The molecule has 0 unspecified atom stereocenters. The van der Waals surface area contributed by atoms with Gasteiger partial charge in [-0.3, -0.25) is 4.99 Å². The van der Waals surface area contributed by atoms with Gasteiger partial charge in [-0.05, 0) is 50.8 Å². The van der Waals surface area contributed by atoms with Crippen LogP contribution in [0.15, 0.2) is 33.7 Å². The minimum Gasteiger partial charge on any atom is -0.486 e. The number of rotatable bonds is 3. The van der Waals surface area contributed by atoms with E-state index in [1.807, 2.05) is 16.8 Å². The highest BCUT2D eigenvalue weighted by Gasteiger charge is 2.16. The van der Waals surface area contributed by atoms with Crippen LogP contribution in [0, 0.1) is 0 Å². The van der Waals surface area contributed by atoms with Gasteiger partial charge in [0.05, 0.1) is 5.69 Å². The topological polar surface area (TPSA) is 48.1 Å². The van der Waals surface area contributed by atoms with E-state index in [0.717, 1.165) is 46.9 Å². The van der Waals surface area contributed by atoms with Crippen LogP contribution in [0.2, 0.25) is 0 Å². The van der Waals surface area contributed by atoms with Gasteiger partial charge < -0.3 is 9.47 Å². The molecule has 2 aromatic rings. The average Bonchev–Trinajstić information content (AvgIpc) is 3.05. The number of ether oxygens (including phenoxy) is 2. The van der Waals surface area contributed by atoms with Crippen molar-refractivity contribution in [3.63, 3.8) is 0 Å². The fraction of sp³-hybridized carbons (Fsp3) is 0.474. The molecule has 1 aromatic heterocycles. The second-order valence-electron chi connectivity index (χ2n) is 6.27. The fourth-order valence-electron chi connectivity index (χ4n) is 3.24. The minimum absolute atomic E-state index is 0.596. The maximum atomic E-state index is 5.74. The second kappa shape index (κ2) is 7.44. The van der Waals surface area contributed by atoms with E-state index in [0.29, 0.717) is 13.2 Å². The van der Waals surface area contributed by atoms with Crippen molar-refractivity contribution in [3.8, 4) is 22.8 Å². The molecule has 6 heteroatoms. The van der Waals surface area contributed by atoms with E-state index >= 15 is 0 Å². The monoisotopic (exact) mass is 357 g/mol. The number of hydrogen-bond acceptors (Lipinski definition) is 5. The van der Waals surface area contributed by atoms with E-state index in [1.54, 1.807) is 11.3 Å². The van der Waals surface area contributed by atoms with Crippen molar-refractivity contribution in [2.45, 2.75) is 39.0 Å². The molecule has 0 saturated heterocycles. The van der Waals surface area contributed by atoms with Crippen LogP contribution in [0.4, 0.5) is 0 Å². The molecule has 0 N–H and O–H groups in total. The van der Waals surface area contributed by atoms with Crippen LogP contribution >= 0.6 is 11.3 Å². The Labute approximate surface area is 151 Å². The van der Waals surface area contributed by atoms with Crippen molar-refractivity contribution >= 4 is 17.0 Å². The van der Waals surface area contributed by atoms with Gasteiger partial charge >= 0.3 is 0 Å². The highest BCUT2D eigenvalue weighted by Crippen LogP contribution is 2.34. The number of fused-ring (bicyclic) bond motifs is 1. The lowest BCUT2D eigenvalue weighted by Gasteiger charge is -2.19. The standard InChI is InChI=1S/C19H23N3O2S/c1-2-20-19-22(21-15-6-4-3-5-7-15)16(13-25-19)14-8-9-17-18(12-14)24-11-10-23-17/h8-9,12-13H,2-7,10-11H2,1H3. The number of hydrogen-bond donors (Lipinski definition) is 0. The Morgan fingerprint density at radius 3 is 2.68 bits per heavy atom. The van der Waals surface area contributed by atoms with Crippen molar-refractivity contribution in [1.82, 2.24) is 4.68 Å². The van der Waals surface area contributed by atoms with Crippen molar-refractivity contribution in [1.29, 1.82) is 0 Å². The van der Waals surface area contributed by atoms with Gasteiger partial charge in [-0.2, -0.15) is 5.10 Å². The molecule has 2 aliphatic rings. The molecule has 25 heavy (non-hydrogen) atoms. The maximum Gasteiger partial charge on any atom is 0.206 e. The molecule has 5 nitrogen and oxygen atoms in total. The number of aromatic nitrogens is 1. The zero-order valence-corrected chi connectivity index (χ0v) is 15.3. The molecule has 4 rings (SSSR count). The highest BCUT2D eigenvalue weighted by molar-refractivity contribution is 7.07. The third kappa shape index (κ3) is 3.49. The molecule has 132 valence electrons. The Hall–Kier alpha value is -2.08. The fourth-order valence-corrected chi connectivity index (χ4v) is 4.14. The molecule has 0 bridgehead atoms. The van der Waals surface area contributed by atoms with E-state index < -0.39 is 0 Å². The van der Waals surface area contributed by atoms with Crippen LogP contribution in [-0.4, -0.2) is 30.1 Å². The lowest BCUT2D eigenvalue weighted by Crippen LogP contribution is -2.17. The molecule has 1 fully saturated rings. The summed E-state index contributed by atoms with van der Waals surface area (Å²) in [5.41, 5.74) is 3.42. The summed E-state index contributed by atoms with van der Waals surface area (Å²) < 4.78 is 13.4. The normalized spacial score (nSPS) is 17.6. The van der Waals surface area contributed by atoms with Crippen molar-refractivity contribution in [2.24, 2.45) is 10.1 Å². The van der Waals surface area contributed by atoms with Crippen LogP contribution in [-0.2, 0) is 0 Å². The number of thiazole rings is 1. The van der Waals surface area contributed by atoms with Crippen LogP contribution in [0.3, 0.4) is 0 Å². The lowest BCUT2D eigenvalue weighted by atomic mass is 9.99. The molecule has 0 spiro atoms. The van der Waals surface area contributed by atoms with E-state index in [1.165, 1.54) is 25.0 Å². The molecule has 0 atom stereocenters. The third-order valence-electron chi connectivity index (χ3n) is 4.49. The average molecular weight is 357 g/mol. The van der Waals surface area contributed by atoms with Gasteiger partial charge in [-0.1, -0.05) is 6.42 Å². The Kier molecular flexibility index (Phi) is 4.88. The van der Waals surface area contributed by atoms with Crippen LogP contribution in [0.5, 0.6) is 11.5 Å². The van der Waals surface area contributed by atoms with E-state index in [2.05, 4.69) is 23.4 Å². The van der Waals surface area contributed by atoms with Crippen LogP contribution < -0.4 is 14.3 Å². The van der Waals surface area contributed by atoms with Crippen molar-refractivity contribution in [2.75, 3.05) is 19.8 Å². The van der Waals surface area contributed by atoms with E-state index in [-0.39, 0.29) is 0 Å². The van der Waals surface area contributed by atoms with Gasteiger partial charge in [0, 0.05) is 23.2 Å². The van der Waals surface area contributed by atoms with E-state index in [9.17, 15) is 0 Å². The molecular formula is C19H23N3O2S. The summed E-state index contributed by atoms with van der Waals surface area (Å²) in [6.07, 6.45) is 5.98. The first-order valence-corrected chi connectivity index (χ1v) is 9.91. The molecule has 2 heterocycles. The summed E-state index contributed by atoms with van der Waals surface area (Å²) in [4.78, 5) is 5.57. The first-order chi connectivity index (χ1) is 12.3. The number of benzene rings is 1. The zero-order chi connectivity index (χ0) is 17.1. The molecule has 1 aromatic carbocycles. The van der Waals surface area contributed by atoms with Crippen molar-refractivity contribution < 1.29 is 9.47 Å². The van der Waals surface area contributed by atoms with Gasteiger partial charge in [-0.25, -0.2) is 4.68 Å². The molecule has 1 aliphatic heterocycles. The highest BCUT2D eigenvalue weighted by atomic mass is 32.1. The lowest BCUT2D eigenvalue weighted by molar-refractivity contribution is 0.171. The van der Waals surface area contributed by atoms with Gasteiger partial charge in [-0.15, -0.1) is 11.3 Å². The second-order valence-corrected chi connectivity index (χ2v) is 7.11. The summed E-state index contributed by atoms with van der Waals surface area (Å²) in [5.74, 6) is 1.62.